The molecule has 0 aliphatic carbocycles. The van der Waals surface area contributed by atoms with Crippen molar-refractivity contribution in [2.45, 2.75) is 12.0 Å². The van der Waals surface area contributed by atoms with Gasteiger partial charge in [-0.15, -0.1) is 6.58 Å². The van der Waals surface area contributed by atoms with Crippen molar-refractivity contribution in [1.29, 1.82) is 0 Å². The predicted molar refractivity (Wildman–Crippen MR) is 78.5 cm³/mol. The van der Waals surface area contributed by atoms with Gasteiger partial charge in [-0.1, -0.05) is 64.5 Å². The molecule has 0 amide bonds. The highest BCUT2D eigenvalue weighted by Gasteiger charge is 2.19. The molecule has 0 spiro atoms. The molecule has 0 saturated carbocycles. The van der Waals surface area contributed by atoms with Crippen molar-refractivity contribution < 1.29 is 5.11 Å². The maximum Gasteiger partial charge on any atom is 0.0893 e. The van der Waals surface area contributed by atoms with Gasteiger partial charge in [-0.05, 0) is 23.3 Å². The van der Waals surface area contributed by atoms with Gasteiger partial charge < -0.3 is 5.11 Å². The van der Waals surface area contributed by atoms with Gasteiger partial charge in [-0.2, -0.15) is 0 Å². The molecule has 2 atom stereocenters. The number of aliphatic hydroxyl groups is 1. The monoisotopic (exact) mass is 302 g/mol. The summed E-state index contributed by atoms with van der Waals surface area (Å²) >= 11 is 3.39. The zero-order valence-corrected chi connectivity index (χ0v) is 11.5. The second-order valence-electron chi connectivity index (χ2n) is 4.17. The number of hydrogen-bond acceptors (Lipinski definition) is 1. The minimum absolute atomic E-state index is 0.0904. The van der Waals surface area contributed by atoms with Crippen LogP contribution in [0.25, 0.3) is 0 Å². The molecule has 18 heavy (non-hydrogen) atoms. The van der Waals surface area contributed by atoms with Crippen molar-refractivity contribution in [2.75, 3.05) is 0 Å². The molecule has 0 bridgehead atoms. The van der Waals surface area contributed by atoms with Crippen LogP contribution in [-0.2, 0) is 0 Å². The lowest BCUT2D eigenvalue weighted by molar-refractivity contribution is 0.162. The van der Waals surface area contributed by atoms with Gasteiger partial charge in [0.25, 0.3) is 0 Å². The van der Waals surface area contributed by atoms with E-state index in [0.29, 0.717) is 0 Å². The van der Waals surface area contributed by atoms with E-state index in [1.54, 1.807) is 6.08 Å². The first kappa shape index (κ1) is 13.1. The number of halogens is 1. The summed E-state index contributed by atoms with van der Waals surface area (Å²) in [5.74, 6) is -0.0904. The van der Waals surface area contributed by atoms with E-state index in [9.17, 15) is 5.11 Å². The fraction of sp³-hybridized carbons (Fsp3) is 0.125. The topological polar surface area (TPSA) is 20.2 Å². The van der Waals surface area contributed by atoms with Gasteiger partial charge in [0.05, 0.1) is 6.10 Å². The van der Waals surface area contributed by atoms with Gasteiger partial charge in [-0.3, -0.25) is 0 Å². The Morgan fingerprint density at radius 3 is 2.11 bits per heavy atom. The summed E-state index contributed by atoms with van der Waals surface area (Å²) < 4.78 is 1.01. The van der Waals surface area contributed by atoms with Gasteiger partial charge in [-0.25, -0.2) is 0 Å². The third-order valence-electron chi connectivity index (χ3n) is 2.99. The van der Waals surface area contributed by atoms with E-state index in [1.807, 2.05) is 54.6 Å². The van der Waals surface area contributed by atoms with Crippen molar-refractivity contribution in [2.24, 2.45) is 0 Å². The molecule has 1 N–H and O–H groups in total. The Labute approximate surface area is 116 Å². The first-order chi connectivity index (χ1) is 8.72. The Kier molecular flexibility index (Phi) is 4.34. The van der Waals surface area contributed by atoms with E-state index in [2.05, 4.69) is 22.5 Å². The molecule has 92 valence electrons. The largest absolute Gasteiger partial charge is 0.387 e. The Morgan fingerprint density at radius 2 is 1.56 bits per heavy atom. The molecule has 0 saturated heterocycles. The Morgan fingerprint density at radius 1 is 0.944 bits per heavy atom. The van der Waals surface area contributed by atoms with E-state index in [-0.39, 0.29) is 5.92 Å². The lowest BCUT2D eigenvalue weighted by Gasteiger charge is -2.20. The summed E-state index contributed by atoms with van der Waals surface area (Å²) in [5.41, 5.74) is 1.97. The molecule has 2 aromatic carbocycles. The zero-order valence-electron chi connectivity index (χ0n) is 9.96. The van der Waals surface area contributed by atoms with Crippen LogP contribution in [0.2, 0.25) is 0 Å². The summed E-state index contributed by atoms with van der Waals surface area (Å²) in [6.45, 7) is 3.83. The molecule has 2 rings (SSSR count). The van der Waals surface area contributed by atoms with E-state index >= 15 is 0 Å². The van der Waals surface area contributed by atoms with E-state index in [0.717, 1.165) is 15.6 Å². The summed E-state index contributed by atoms with van der Waals surface area (Å²) in [4.78, 5) is 0. The minimum Gasteiger partial charge on any atom is -0.387 e. The van der Waals surface area contributed by atoms with Crippen molar-refractivity contribution in [3.05, 3.63) is 82.9 Å². The second-order valence-corrected chi connectivity index (χ2v) is 5.08. The fourth-order valence-electron chi connectivity index (χ4n) is 1.99. The number of hydrogen-bond donors (Lipinski definition) is 1. The lowest BCUT2D eigenvalue weighted by atomic mass is 9.89. The zero-order chi connectivity index (χ0) is 13.0. The van der Waals surface area contributed by atoms with Crippen molar-refractivity contribution in [3.8, 4) is 0 Å². The summed E-state index contributed by atoms with van der Waals surface area (Å²) in [6, 6.07) is 17.6. The molecule has 0 heterocycles. The molecule has 0 aliphatic heterocycles. The Bertz CT molecular complexity index is 504. The second kappa shape index (κ2) is 5.98. The van der Waals surface area contributed by atoms with Crippen LogP contribution in [0, 0.1) is 0 Å². The summed E-state index contributed by atoms with van der Waals surface area (Å²) in [6.07, 6.45) is 1.22. The number of rotatable bonds is 4. The van der Waals surface area contributed by atoms with E-state index < -0.39 is 6.10 Å². The molecule has 0 aromatic heterocycles. The average Bonchev–Trinajstić information content (AvgIpc) is 2.41. The Balaban J connectivity index is 2.28. The van der Waals surface area contributed by atoms with Crippen LogP contribution < -0.4 is 0 Å². The van der Waals surface area contributed by atoms with Crippen LogP contribution in [0.1, 0.15) is 23.1 Å². The van der Waals surface area contributed by atoms with Crippen molar-refractivity contribution >= 4 is 15.9 Å². The van der Waals surface area contributed by atoms with Gasteiger partial charge in [0.1, 0.15) is 0 Å². The maximum absolute atomic E-state index is 10.4. The molecular formula is C16H15BrO. The molecule has 0 fully saturated rings. The minimum atomic E-state index is -0.571. The lowest BCUT2D eigenvalue weighted by Crippen LogP contribution is -2.08. The highest BCUT2D eigenvalue weighted by molar-refractivity contribution is 9.10. The van der Waals surface area contributed by atoms with Crippen LogP contribution >= 0.6 is 15.9 Å². The highest BCUT2D eigenvalue weighted by Crippen LogP contribution is 2.32. The predicted octanol–water partition coefficient (Wildman–Crippen LogP) is 4.45. The van der Waals surface area contributed by atoms with E-state index in [4.69, 9.17) is 0 Å². The average molecular weight is 303 g/mol. The first-order valence-corrected chi connectivity index (χ1v) is 6.62. The highest BCUT2D eigenvalue weighted by atomic mass is 79.9. The first-order valence-electron chi connectivity index (χ1n) is 5.83. The number of aliphatic hydroxyl groups excluding tert-OH is 1. The smallest absolute Gasteiger partial charge is 0.0893 e. The van der Waals surface area contributed by atoms with Gasteiger partial charge >= 0.3 is 0 Å². The standard InChI is InChI=1S/C16H15BrO/c1-2-15(12-6-4-3-5-7-12)16(18)13-8-10-14(17)11-9-13/h2-11,15-16,18H,1H2/t15-,16-/m0/s1. The normalized spacial score (nSPS) is 13.9. The van der Waals surface area contributed by atoms with Gasteiger partial charge in [0.15, 0.2) is 0 Å². The number of benzene rings is 2. The van der Waals surface area contributed by atoms with E-state index in [1.165, 1.54) is 0 Å². The molecule has 0 unspecified atom stereocenters. The fourth-order valence-corrected chi connectivity index (χ4v) is 2.25. The Hall–Kier alpha value is -1.38. The SMILES string of the molecule is C=C[C@@H](c1ccccc1)[C@@H](O)c1ccc(Br)cc1. The molecule has 1 nitrogen and oxygen atoms in total. The van der Waals surface area contributed by atoms with Crippen molar-refractivity contribution in [3.63, 3.8) is 0 Å². The maximum atomic E-state index is 10.4. The summed E-state index contributed by atoms with van der Waals surface area (Å²) in [7, 11) is 0. The quantitative estimate of drug-likeness (QED) is 0.827. The molecule has 0 aliphatic rings. The molecule has 0 radical (unpaired) electrons. The molecular weight excluding hydrogens is 288 g/mol. The molecule has 2 heteroatoms. The van der Waals surface area contributed by atoms with Gasteiger partial charge in [0, 0.05) is 10.4 Å². The van der Waals surface area contributed by atoms with Crippen LogP contribution in [0.3, 0.4) is 0 Å². The third-order valence-corrected chi connectivity index (χ3v) is 3.52. The molecule has 2 aromatic rings. The van der Waals surface area contributed by atoms with Crippen LogP contribution in [0.15, 0.2) is 71.7 Å². The van der Waals surface area contributed by atoms with Crippen molar-refractivity contribution in [1.82, 2.24) is 0 Å². The third kappa shape index (κ3) is 2.89. The van der Waals surface area contributed by atoms with Gasteiger partial charge in [0.2, 0.25) is 0 Å². The summed E-state index contributed by atoms with van der Waals surface area (Å²) in [5, 5.41) is 10.4. The van der Waals surface area contributed by atoms with Crippen LogP contribution in [-0.4, -0.2) is 5.11 Å². The van der Waals surface area contributed by atoms with Crippen LogP contribution in [0.4, 0.5) is 0 Å². The van der Waals surface area contributed by atoms with Crippen LogP contribution in [0.5, 0.6) is 0 Å².